The van der Waals surface area contributed by atoms with Gasteiger partial charge in [-0.05, 0) is 61.1 Å². The maximum atomic E-state index is 10.2. The highest BCUT2D eigenvalue weighted by Gasteiger charge is 2.10. The molecule has 0 spiro atoms. The van der Waals surface area contributed by atoms with Gasteiger partial charge < -0.3 is 9.84 Å². The van der Waals surface area contributed by atoms with Gasteiger partial charge in [-0.3, -0.25) is 0 Å². The molecule has 2 nitrogen and oxygen atoms in total. The first kappa shape index (κ1) is 15.6. The van der Waals surface area contributed by atoms with Crippen LogP contribution in [0.4, 0.5) is 0 Å². The van der Waals surface area contributed by atoms with E-state index in [1.807, 2.05) is 25.1 Å². The Morgan fingerprint density at radius 2 is 1.71 bits per heavy atom. The lowest BCUT2D eigenvalue weighted by atomic mass is 10.1. The van der Waals surface area contributed by atoms with E-state index >= 15 is 0 Å². The molecule has 0 aromatic heterocycles. The first-order valence-corrected chi connectivity index (χ1v) is 7.48. The molecule has 0 aliphatic heterocycles. The quantitative estimate of drug-likeness (QED) is 0.887. The Hall–Kier alpha value is -1.80. The molecular formula is C19H24O2. The van der Waals surface area contributed by atoms with E-state index in [0.717, 1.165) is 23.3 Å². The average Bonchev–Trinajstić information content (AvgIpc) is 2.49. The SMILES string of the molecule is CCc1ccc(C(O)COc2cc(C)cc(C)c2C)cc1. The highest BCUT2D eigenvalue weighted by Crippen LogP contribution is 2.25. The van der Waals surface area contributed by atoms with Gasteiger partial charge in [-0.2, -0.15) is 0 Å². The number of benzene rings is 2. The second kappa shape index (κ2) is 6.77. The summed E-state index contributed by atoms with van der Waals surface area (Å²) in [4.78, 5) is 0. The third kappa shape index (κ3) is 3.85. The van der Waals surface area contributed by atoms with Gasteiger partial charge in [-0.15, -0.1) is 0 Å². The Morgan fingerprint density at radius 1 is 1.05 bits per heavy atom. The Labute approximate surface area is 127 Å². The molecule has 112 valence electrons. The molecule has 2 aromatic carbocycles. The van der Waals surface area contributed by atoms with Gasteiger partial charge in [0.2, 0.25) is 0 Å². The standard InChI is InChI=1S/C19H24O2/c1-5-16-6-8-17(9-7-16)18(20)12-21-19-11-13(2)10-14(3)15(19)4/h6-11,18,20H,5,12H2,1-4H3. The molecular weight excluding hydrogens is 260 g/mol. The van der Waals surface area contributed by atoms with Gasteiger partial charge in [0, 0.05) is 0 Å². The zero-order valence-electron chi connectivity index (χ0n) is 13.3. The number of aliphatic hydroxyl groups is 1. The van der Waals surface area contributed by atoms with Gasteiger partial charge >= 0.3 is 0 Å². The largest absolute Gasteiger partial charge is 0.490 e. The van der Waals surface area contributed by atoms with Gasteiger partial charge in [0.1, 0.15) is 18.5 Å². The fourth-order valence-electron chi connectivity index (χ4n) is 2.39. The minimum Gasteiger partial charge on any atom is -0.490 e. The Kier molecular flexibility index (Phi) is 5.03. The van der Waals surface area contributed by atoms with Crippen molar-refractivity contribution >= 4 is 0 Å². The predicted octanol–water partition coefficient (Wildman–Crippen LogP) is 4.29. The average molecular weight is 284 g/mol. The van der Waals surface area contributed by atoms with Crippen molar-refractivity contribution in [3.63, 3.8) is 0 Å². The molecule has 0 saturated heterocycles. The van der Waals surface area contributed by atoms with E-state index in [1.54, 1.807) is 0 Å². The topological polar surface area (TPSA) is 29.5 Å². The molecule has 0 aliphatic rings. The first-order valence-electron chi connectivity index (χ1n) is 7.48. The highest BCUT2D eigenvalue weighted by molar-refractivity contribution is 5.42. The van der Waals surface area contributed by atoms with E-state index in [0.29, 0.717) is 0 Å². The van der Waals surface area contributed by atoms with Crippen molar-refractivity contribution < 1.29 is 9.84 Å². The fourth-order valence-corrected chi connectivity index (χ4v) is 2.39. The fraction of sp³-hybridized carbons (Fsp3) is 0.368. The number of rotatable bonds is 5. The maximum absolute atomic E-state index is 10.2. The Bertz CT molecular complexity index is 600. The summed E-state index contributed by atoms with van der Waals surface area (Å²) in [5.74, 6) is 0.858. The van der Waals surface area contributed by atoms with Crippen LogP contribution in [-0.2, 0) is 6.42 Å². The molecule has 1 N–H and O–H groups in total. The molecule has 0 fully saturated rings. The van der Waals surface area contributed by atoms with E-state index < -0.39 is 6.10 Å². The van der Waals surface area contributed by atoms with E-state index in [1.165, 1.54) is 16.7 Å². The van der Waals surface area contributed by atoms with Crippen LogP contribution in [0.3, 0.4) is 0 Å². The van der Waals surface area contributed by atoms with E-state index in [9.17, 15) is 5.11 Å². The third-order valence-electron chi connectivity index (χ3n) is 3.93. The molecule has 2 aromatic rings. The Balaban J connectivity index is 2.05. The molecule has 0 aliphatic carbocycles. The number of ether oxygens (including phenoxy) is 1. The molecule has 1 unspecified atom stereocenters. The van der Waals surface area contributed by atoms with Crippen molar-refractivity contribution in [2.24, 2.45) is 0 Å². The number of hydrogen-bond acceptors (Lipinski definition) is 2. The van der Waals surface area contributed by atoms with Crippen molar-refractivity contribution in [1.29, 1.82) is 0 Å². The van der Waals surface area contributed by atoms with Gasteiger partial charge in [-0.25, -0.2) is 0 Å². The monoisotopic (exact) mass is 284 g/mol. The molecule has 0 radical (unpaired) electrons. The zero-order chi connectivity index (χ0) is 15.4. The number of aliphatic hydroxyl groups excluding tert-OH is 1. The molecule has 0 amide bonds. The lowest BCUT2D eigenvalue weighted by Gasteiger charge is -2.16. The molecule has 2 heteroatoms. The summed E-state index contributed by atoms with van der Waals surface area (Å²) in [6.07, 6.45) is 0.408. The van der Waals surface area contributed by atoms with Crippen LogP contribution in [0, 0.1) is 20.8 Å². The van der Waals surface area contributed by atoms with Crippen LogP contribution in [0.5, 0.6) is 5.75 Å². The molecule has 0 bridgehead atoms. The summed E-state index contributed by atoms with van der Waals surface area (Å²) >= 11 is 0. The number of aryl methyl sites for hydroxylation is 3. The van der Waals surface area contributed by atoms with E-state index in [-0.39, 0.29) is 6.61 Å². The second-order valence-corrected chi connectivity index (χ2v) is 5.63. The number of hydrogen-bond donors (Lipinski definition) is 1. The van der Waals surface area contributed by atoms with Crippen LogP contribution < -0.4 is 4.74 Å². The zero-order valence-corrected chi connectivity index (χ0v) is 13.3. The second-order valence-electron chi connectivity index (χ2n) is 5.63. The normalized spacial score (nSPS) is 12.2. The van der Waals surface area contributed by atoms with E-state index in [4.69, 9.17) is 4.74 Å². The Morgan fingerprint density at radius 3 is 2.33 bits per heavy atom. The third-order valence-corrected chi connectivity index (χ3v) is 3.93. The first-order chi connectivity index (χ1) is 10.0. The molecule has 0 heterocycles. The maximum Gasteiger partial charge on any atom is 0.122 e. The lowest BCUT2D eigenvalue weighted by molar-refractivity contribution is 0.108. The summed E-state index contributed by atoms with van der Waals surface area (Å²) in [6, 6.07) is 12.2. The summed E-state index contributed by atoms with van der Waals surface area (Å²) < 4.78 is 5.82. The van der Waals surface area contributed by atoms with Crippen LogP contribution >= 0.6 is 0 Å². The molecule has 21 heavy (non-hydrogen) atoms. The summed E-state index contributed by atoms with van der Waals surface area (Å²) in [5, 5.41) is 10.2. The van der Waals surface area contributed by atoms with Crippen LogP contribution in [0.15, 0.2) is 36.4 Å². The van der Waals surface area contributed by atoms with Crippen LogP contribution in [0.25, 0.3) is 0 Å². The molecule has 2 rings (SSSR count). The van der Waals surface area contributed by atoms with Crippen molar-refractivity contribution in [1.82, 2.24) is 0 Å². The van der Waals surface area contributed by atoms with E-state index in [2.05, 4.69) is 39.0 Å². The van der Waals surface area contributed by atoms with Gasteiger partial charge in [0.25, 0.3) is 0 Å². The highest BCUT2D eigenvalue weighted by atomic mass is 16.5. The smallest absolute Gasteiger partial charge is 0.122 e. The van der Waals surface area contributed by atoms with Crippen molar-refractivity contribution in [2.45, 2.75) is 40.2 Å². The van der Waals surface area contributed by atoms with Crippen molar-refractivity contribution in [2.75, 3.05) is 6.61 Å². The molecule has 0 saturated carbocycles. The molecule has 1 atom stereocenters. The minimum atomic E-state index is -0.601. The van der Waals surface area contributed by atoms with Gasteiger partial charge in [0.15, 0.2) is 0 Å². The van der Waals surface area contributed by atoms with Crippen LogP contribution in [-0.4, -0.2) is 11.7 Å². The van der Waals surface area contributed by atoms with Crippen molar-refractivity contribution in [3.05, 3.63) is 64.2 Å². The summed E-state index contributed by atoms with van der Waals surface area (Å²) in [6.45, 7) is 8.58. The predicted molar refractivity (Wildman–Crippen MR) is 86.9 cm³/mol. The van der Waals surface area contributed by atoms with Gasteiger partial charge in [-0.1, -0.05) is 37.3 Å². The summed E-state index contributed by atoms with van der Waals surface area (Å²) in [7, 11) is 0. The van der Waals surface area contributed by atoms with Crippen LogP contribution in [0.1, 0.15) is 40.8 Å². The summed E-state index contributed by atoms with van der Waals surface area (Å²) in [5.41, 5.74) is 5.70. The minimum absolute atomic E-state index is 0.273. The van der Waals surface area contributed by atoms with Gasteiger partial charge in [0.05, 0.1) is 0 Å². The van der Waals surface area contributed by atoms with Crippen molar-refractivity contribution in [3.8, 4) is 5.75 Å². The van der Waals surface area contributed by atoms with Crippen LogP contribution in [0.2, 0.25) is 0 Å². The lowest BCUT2D eigenvalue weighted by Crippen LogP contribution is -2.10.